The Morgan fingerprint density at radius 3 is 2.40 bits per heavy atom. The van der Waals surface area contributed by atoms with Crippen LogP contribution in [0.4, 0.5) is 0 Å². The zero-order valence-electron chi connectivity index (χ0n) is 17.2. The molecule has 2 amide bonds. The number of carbonyl (C=O) groups excluding carboxylic acids is 3. The van der Waals surface area contributed by atoms with Crippen LogP contribution in [0, 0.1) is 11.8 Å². The minimum Gasteiger partial charge on any atom is -0.426 e. The number of likely N-dealkylation sites (tertiary alicyclic amines) is 1. The van der Waals surface area contributed by atoms with Gasteiger partial charge in [-0.3, -0.25) is 19.3 Å². The molecule has 1 aromatic carbocycles. The largest absolute Gasteiger partial charge is 0.426 e. The van der Waals surface area contributed by atoms with E-state index in [1.165, 1.54) is 17.0 Å². The Hall–Kier alpha value is -2.96. The van der Waals surface area contributed by atoms with Gasteiger partial charge in [0, 0.05) is 24.1 Å². The summed E-state index contributed by atoms with van der Waals surface area (Å²) in [5, 5.41) is 0.792. The number of imide groups is 1. The molecule has 1 saturated heterocycles. The zero-order chi connectivity index (χ0) is 21.4. The molecule has 0 bridgehead atoms. The number of carbonyl (C=O) groups is 3. The number of amides is 2. The molecule has 0 radical (unpaired) electrons. The summed E-state index contributed by atoms with van der Waals surface area (Å²) >= 11 is 0. The fourth-order valence-electron chi connectivity index (χ4n) is 4.55. The highest BCUT2D eigenvalue weighted by molar-refractivity contribution is 6.05. The predicted molar refractivity (Wildman–Crippen MR) is 109 cm³/mol. The van der Waals surface area contributed by atoms with Crippen LogP contribution < -0.4 is 10.4 Å². The molecule has 1 aromatic heterocycles. The van der Waals surface area contributed by atoms with Crippen molar-refractivity contribution in [2.24, 2.45) is 11.8 Å². The predicted octanol–water partition coefficient (Wildman–Crippen LogP) is 3.39. The summed E-state index contributed by atoms with van der Waals surface area (Å²) in [7, 11) is 0. The lowest BCUT2D eigenvalue weighted by molar-refractivity contribution is -0.141. The third-order valence-electron chi connectivity index (χ3n) is 6.07. The van der Waals surface area contributed by atoms with Crippen LogP contribution in [0.3, 0.4) is 0 Å². The molecular weight excluding hydrogens is 386 g/mol. The summed E-state index contributed by atoms with van der Waals surface area (Å²) in [6, 6.07) is 6.39. The molecule has 2 atom stereocenters. The van der Waals surface area contributed by atoms with Gasteiger partial charge in [-0.15, -0.1) is 0 Å². The summed E-state index contributed by atoms with van der Waals surface area (Å²) in [5.41, 5.74) is 0.763. The smallest absolute Gasteiger partial charge is 0.336 e. The van der Waals surface area contributed by atoms with E-state index >= 15 is 0 Å². The van der Waals surface area contributed by atoms with Gasteiger partial charge in [-0.25, -0.2) is 4.79 Å². The second kappa shape index (κ2) is 8.05. The molecule has 158 valence electrons. The Labute approximate surface area is 174 Å². The second-order valence-electron chi connectivity index (χ2n) is 8.38. The molecule has 0 unspecified atom stereocenters. The average molecular weight is 411 g/mol. The van der Waals surface area contributed by atoms with E-state index in [2.05, 4.69) is 0 Å². The number of hydrogen-bond acceptors (Lipinski definition) is 6. The maximum absolute atomic E-state index is 12.5. The first-order chi connectivity index (χ1) is 14.3. The summed E-state index contributed by atoms with van der Waals surface area (Å²) < 4.78 is 10.6. The van der Waals surface area contributed by atoms with Crippen molar-refractivity contribution in [2.45, 2.75) is 51.9 Å². The van der Waals surface area contributed by atoms with Gasteiger partial charge in [0.05, 0.1) is 18.3 Å². The van der Waals surface area contributed by atoms with Crippen molar-refractivity contribution in [3.63, 3.8) is 0 Å². The van der Waals surface area contributed by atoms with E-state index in [9.17, 15) is 19.2 Å². The number of nitrogens with zero attached hydrogens (tertiary/aromatic N) is 1. The zero-order valence-corrected chi connectivity index (χ0v) is 17.2. The number of rotatable bonds is 5. The van der Waals surface area contributed by atoms with E-state index in [1.807, 2.05) is 13.8 Å². The highest BCUT2D eigenvalue weighted by Gasteiger charge is 2.47. The van der Waals surface area contributed by atoms with Crippen LogP contribution in [-0.2, 0) is 14.4 Å². The summed E-state index contributed by atoms with van der Waals surface area (Å²) in [6.07, 6.45) is 3.35. The third kappa shape index (κ3) is 3.76. The third-order valence-corrected chi connectivity index (χ3v) is 6.07. The molecular formula is C23H25NO6. The number of ether oxygens (including phenoxy) is 1. The van der Waals surface area contributed by atoms with Crippen LogP contribution in [-0.4, -0.2) is 29.2 Å². The van der Waals surface area contributed by atoms with Crippen LogP contribution in [0.15, 0.2) is 33.5 Å². The topological polar surface area (TPSA) is 93.9 Å². The normalized spacial score (nSPS) is 21.4. The quantitative estimate of drug-likeness (QED) is 0.324. The Balaban J connectivity index is 1.43. The Morgan fingerprint density at radius 1 is 1.10 bits per heavy atom. The van der Waals surface area contributed by atoms with E-state index in [0.717, 1.165) is 36.6 Å². The van der Waals surface area contributed by atoms with E-state index in [1.54, 1.807) is 12.1 Å². The molecule has 2 aromatic rings. The lowest BCUT2D eigenvalue weighted by Gasteiger charge is -2.19. The van der Waals surface area contributed by atoms with Crippen LogP contribution in [0.5, 0.6) is 5.75 Å². The molecule has 2 fully saturated rings. The van der Waals surface area contributed by atoms with Gasteiger partial charge in [0.1, 0.15) is 11.3 Å². The Kier molecular flexibility index (Phi) is 5.45. The van der Waals surface area contributed by atoms with Crippen molar-refractivity contribution in [3.8, 4) is 5.75 Å². The SMILES string of the molecule is CC(C)c1cc(=O)oc2cc(OC(=O)CCN3C(=O)[C@H]4CCCC[C@H]4C3=O)ccc12. The first-order valence-corrected chi connectivity index (χ1v) is 10.5. The highest BCUT2D eigenvalue weighted by atomic mass is 16.5. The molecule has 2 heterocycles. The summed E-state index contributed by atoms with van der Waals surface area (Å²) in [5.74, 6) is -0.917. The Morgan fingerprint density at radius 2 is 1.77 bits per heavy atom. The van der Waals surface area contributed by atoms with Crippen LogP contribution in [0.1, 0.15) is 57.4 Å². The van der Waals surface area contributed by atoms with Crippen LogP contribution in [0.2, 0.25) is 0 Å². The molecule has 0 spiro atoms. The molecule has 7 nitrogen and oxygen atoms in total. The van der Waals surface area contributed by atoms with Crippen molar-refractivity contribution in [1.82, 2.24) is 4.90 Å². The van der Waals surface area contributed by atoms with Crippen molar-refractivity contribution < 1.29 is 23.5 Å². The summed E-state index contributed by atoms with van der Waals surface area (Å²) in [6.45, 7) is 4.00. The van der Waals surface area contributed by atoms with E-state index in [0.29, 0.717) is 5.58 Å². The molecule has 30 heavy (non-hydrogen) atoms. The molecule has 7 heteroatoms. The van der Waals surface area contributed by atoms with Gasteiger partial charge in [0.2, 0.25) is 11.8 Å². The molecule has 1 saturated carbocycles. The lowest BCUT2D eigenvalue weighted by atomic mass is 9.81. The van der Waals surface area contributed by atoms with E-state index in [4.69, 9.17) is 9.15 Å². The van der Waals surface area contributed by atoms with Gasteiger partial charge < -0.3 is 9.15 Å². The fourth-order valence-corrected chi connectivity index (χ4v) is 4.55. The maximum Gasteiger partial charge on any atom is 0.336 e. The molecule has 2 aliphatic rings. The van der Waals surface area contributed by atoms with Gasteiger partial charge >= 0.3 is 11.6 Å². The van der Waals surface area contributed by atoms with Crippen molar-refractivity contribution in [3.05, 3.63) is 40.2 Å². The monoisotopic (exact) mass is 411 g/mol. The fraction of sp³-hybridized carbons (Fsp3) is 0.478. The van der Waals surface area contributed by atoms with Crippen LogP contribution in [0.25, 0.3) is 11.0 Å². The molecule has 4 rings (SSSR count). The number of benzene rings is 1. The minimum atomic E-state index is -0.549. The molecule has 1 aliphatic carbocycles. The lowest BCUT2D eigenvalue weighted by Crippen LogP contribution is -2.33. The maximum atomic E-state index is 12.5. The van der Waals surface area contributed by atoms with Gasteiger partial charge in [-0.1, -0.05) is 26.7 Å². The van der Waals surface area contributed by atoms with Crippen molar-refractivity contribution >= 4 is 28.8 Å². The van der Waals surface area contributed by atoms with Crippen molar-refractivity contribution in [2.75, 3.05) is 6.54 Å². The van der Waals surface area contributed by atoms with E-state index < -0.39 is 11.6 Å². The Bertz CT molecular complexity index is 1050. The standard InChI is InChI=1S/C23H25NO6/c1-13(2)18-12-21(26)30-19-11-14(7-8-15(18)19)29-20(25)9-10-24-22(27)16-5-3-4-6-17(16)23(24)28/h7-8,11-13,16-17H,3-6,9-10H2,1-2H3/t16-,17+. The number of fused-ring (bicyclic) bond motifs is 2. The second-order valence-corrected chi connectivity index (χ2v) is 8.38. The average Bonchev–Trinajstić information content (AvgIpc) is 2.96. The highest BCUT2D eigenvalue weighted by Crippen LogP contribution is 2.38. The van der Waals surface area contributed by atoms with Crippen LogP contribution >= 0.6 is 0 Å². The number of esters is 1. The van der Waals surface area contributed by atoms with Gasteiger partial charge in [-0.2, -0.15) is 0 Å². The first-order valence-electron chi connectivity index (χ1n) is 10.5. The first kappa shape index (κ1) is 20.3. The minimum absolute atomic E-state index is 0.0314. The van der Waals surface area contributed by atoms with E-state index in [-0.39, 0.29) is 48.3 Å². The molecule has 0 N–H and O–H groups in total. The van der Waals surface area contributed by atoms with Crippen molar-refractivity contribution in [1.29, 1.82) is 0 Å². The van der Waals surface area contributed by atoms with Gasteiger partial charge in [0.15, 0.2) is 0 Å². The number of hydrogen-bond donors (Lipinski definition) is 0. The van der Waals surface area contributed by atoms with Gasteiger partial charge in [0.25, 0.3) is 0 Å². The summed E-state index contributed by atoms with van der Waals surface area (Å²) in [4.78, 5) is 50.3. The van der Waals surface area contributed by atoms with Gasteiger partial charge in [-0.05, 0) is 36.5 Å². The molecule has 1 aliphatic heterocycles.